The van der Waals surface area contributed by atoms with Crippen molar-refractivity contribution in [3.63, 3.8) is 0 Å². The van der Waals surface area contributed by atoms with Gasteiger partial charge in [0.05, 0.1) is 10.6 Å². The second-order valence-electron chi connectivity index (χ2n) is 3.81. The summed E-state index contributed by atoms with van der Waals surface area (Å²) in [6, 6.07) is 5.81. The van der Waals surface area contributed by atoms with Crippen LogP contribution in [0.4, 0.5) is 18.9 Å². The first-order valence-corrected chi connectivity index (χ1v) is 7.50. The molecule has 0 heterocycles. The zero-order chi connectivity index (χ0) is 14.9. The van der Waals surface area contributed by atoms with Crippen molar-refractivity contribution in [2.45, 2.75) is 4.90 Å². The Morgan fingerprint density at radius 2 is 1.60 bits per heavy atom. The molecule has 8 heteroatoms. The normalized spacial score (nSPS) is 11.4. The molecule has 0 unspecified atom stereocenters. The van der Waals surface area contributed by atoms with Gasteiger partial charge in [0.25, 0.3) is 10.0 Å². The molecular weight excluding hydrogens is 359 g/mol. The van der Waals surface area contributed by atoms with Crippen LogP contribution in [0.25, 0.3) is 0 Å². The van der Waals surface area contributed by atoms with Crippen molar-refractivity contribution in [3.8, 4) is 0 Å². The van der Waals surface area contributed by atoms with Crippen LogP contribution in [-0.4, -0.2) is 8.42 Å². The highest BCUT2D eigenvalue weighted by Gasteiger charge is 2.18. The molecule has 0 aliphatic heterocycles. The van der Waals surface area contributed by atoms with Gasteiger partial charge in [0.1, 0.15) is 5.82 Å². The Morgan fingerprint density at radius 1 is 0.900 bits per heavy atom. The molecule has 2 aromatic carbocycles. The molecule has 0 radical (unpaired) electrons. The van der Waals surface area contributed by atoms with Gasteiger partial charge in [0.2, 0.25) is 0 Å². The summed E-state index contributed by atoms with van der Waals surface area (Å²) in [6.07, 6.45) is 0. The number of benzene rings is 2. The molecule has 0 saturated carbocycles. The Hall–Kier alpha value is -1.54. The van der Waals surface area contributed by atoms with E-state index in [4.69, 9.17) is 0 Å². The lowest BCUT2D eigenvalue weighted by Crippen LogP contribution is -2.14. The third-order valence-electron chi connectivity index (χ3n) is 2.38. The van der Waals surface area contributed by atoms with Crippen LogP contribution in [0.1, 0.15) is 0 Å². The molecule has 0 saturated heterocycles. The van der Waals surface area contributed by atoms with E-state index >= 15 is 0 Å². The predicted octanol–water partition coefficient (Wildman–Crippen LogP) is 3.67. The average Bonchev–Trinajstić information content (AvgIpc) is 2.36. The van der Waals surface area contributed by atoms with Gasteiger partial charge < -0.3 is 0 Å². The minimum atomic E-state index is -4.20. The van der Waals surface area contributed by atoms with Crippen LogP contribution in [0, 0.1) is 17.5 Å². The fourth-order valence-electron chi connectivity index (χ4n) is 1.42. The number of hydrogen-bond donors (Lipinski definition) is 1. The number of nitrogens with one attached hydrogen (secondary N) is 1. The van der Waals surface area contributed by atoms with Gasteiger partial charge in [-0.3, -0.25) is 4.72 Å². The van der Waals surface area contributed by atoms with E-state index < -0.39 is 32.4 Å². The Bertz CT molecular complexity index is 765. The lowest BCUT2D eigenvalue weighted by atomic mass is 10.3. The topological polar surface area (TPSA) is 46.2 Å². The Balaban J connectivity index is 2.38. The second kappa shape index (κ2) is 5.45. The van der Waals surface area contributed by atoms with Crippen molar-refractivity contribution in [2.75, 3.05) is 4.72 Å². The van der Waals surface area contributed by atoms with Gasteiger partial charge in [-0.15, -0.1) is 0 Å². The average molecular weight is 366 g/mol. The lowest BCUT2D eigenvalue weighted by molar-refractivity contribution is 0.504. The number of anilines is 1. The summed E-state index contributed by atoms with van der Waals surface area (Å²) in [4.78, 5) is -0.501. The molecule has 0 aliphatic carbocycles. The first kappa shape index (κ1) is 14.9. The maximum atomic E-state index is 13.5. The molecule has 0 spiro atoms. The van der Waals surface area contributed by atoms with E-state index in [1.54, 1.807) is 0 Å². The fourth-order valence-corrected chi connectivity index (χ4v) is 2.83. The summed E-state index contributed by atoms with van der Waals surface area (Å²) in [5, 5.41) is 0. The van der Waals surface area contributed by atoms with E-state index in [2.05, 4.69) is 15.9 Å². The van der Waals surface area contributed by atoms with Crippen LogP contribution in [0.3, 0.4) is 0 Å². The van der Waals surface area contributed by atoms with Gasteiger partial charge in [-0.1, -0.05) is 15.9 Å². The molecular formula is C12H7BrF3NO2S. The summed E-state index contributed by atoms with van der Waals surface area (Å²) in [7, 11) is -4.20. The summed E-state index contributed by atoms with van der Waals surface area (Å²) in [6.45, 7) is 0. The van der Waals surface area contributed by atoms with E-state index in [0.717, 1.165) is 12.1 Å². The first-order chi connectivity index (χ1) is 9.29. The summed E-state index contributed by atoms with van der Waals surface area (Å²) < 4.78 is 65.6. The minimum Gasteiger partial charge on any atom is -0.277 e. The third-order valence-corrected chi connectivity index (χ3v) is 4.23. The highest BCUT2D eigenvalue weighted by atomic mass is 79.9. The highest BCUT2D eigenvalue weighted by Crippen LogP contribution is 2.23. The largest absolute Gasteiger partial charge is 0.277 e. The van der Waals surface area contributed by atoms with Gasteiger partial charge in [-0.25, -0.2) is 21.6 Å². The van der Waals surface area contributed by atoms with Crippen molar-refractivity contribution >= 4 is 31.6 Å². The first-order valence-electron chi connectivity index (χ1n) is 5.22. The molecule has 2 rings (SSSR count). The minimum absolute atomic E-state index is 0.294. The van der Waals surface area contributed by atoms with Crippen molar-refractivity contribution < 1.29 is 21.6 Å². The molecule has 0 amide bonds. The zero-order valence-corrected chi connectivity index (χ0v) is 12.1. The summed E-state index contributed by atoms with van der Waals surface area (Å²) in [5.41, 5.74) is -0.294. The summed E-state index contributed by atoms with van der Waals surface area (Å²) >= 11 is 3.03. The molecule has 0 atom stereocenters. The standard InChI is InChI=1S/C12H7BrF3NO2S/c13-7-1-4-12(11(16)5-7)17-20(18,19)8-2-3-9(14)10(15)6-8/h1-6,17H. The molecule has 1 N–H and O–H groups in total. The van der Waals surface area contributed by atoms with Gasteiger partial charge in [0, 0.05) is 4.47 Å². The maximum Gasteiger partial charge on any atom is 0.262 e. The van der Waals surface area contributed by atoms with Crippen LogP contribution in [0.15, 0.2) is 45.8 Å². The molecule has 0 aliphatic rings. The molecule has 0 fully saturated rings. The second-order valence-corrected chi connectivity index (χ2v) is 6.40. The molecule has 3 nitrogen and oxygen atoms in total. The third kappa shape index (κ3) is 3.13. The van der Waals surface area contributed by atoms with Crippen LogP contribution >= 0.6 is 15.9 Å². The quantitative estimate of drug-likeness (QED) is 0.901. The van der Waals surface area contributed by atoms with E-state index in [1.165, 1.54) is 12.1 Å². The van der Waals surface area contributed by atoms with Crippen LogP contribution < -0.4 is 4.72 Å². The number of sulfonamides is 1. The monoisotopic (exact) mass is 365 g/mol. The molecule has 20 heavy (non-hydrogen) atoms. The molecule has 106 valence electrons. The predicted molar refractivity (Wildman–Crippen MR) is 71.3 cm³/mol. The van der Waals surface area contributed by atoms with Crippen LogP contribution in [0.2, 0.25) is 0 Å². The molecule has 0 aromatic heterocycles. The lowest BCUT2D eigenvalue weighted by Gasteiger charge is -2.09. The van der Waals surface area contributed by atoms with Gasteiger partial charge in [0.15, 0.2) is 11.6 Å². The van der Waals surface area contributed by atoms with Gasteiger partial charge in [-0.2, -0.15) is 0 Å². The van der Waals surface area contributed by atoms with Crippen molar-refractivity contribution in [2.24, 2.45) is 0 Å². The number of halogens is 4. The van der Waals surface area contributed by atoms with Crippen molar-refractivity contribution in [1.82, 2.24) is 0 Å². The maximum absolute atomic E-state index is 13.5. The Labute approximate surface area is 121 Å². The Morgan fingerprint density at radius 3 is 2.20 bits per heavy atom. The number of hydrogen-bond acceptors (Lipinski definition) is 2. The van der Waals surface area contributed by atoms with Crippen molar-refractivity contribution in [1.29, 1.82) is 0 Å². The SMILES string of the molecule is O=S(=O)(Nc1ccc(Br)cc1F)c1ccc(F)c(F)c1. The molecule has 2 aromatic rings. The van der Waals surface area contributed by atoms with E-state index in [-0.39, 0.29) is 5.69 Å². The number of rotatable bonds is 3. The van der Waals surface area contributed by atoms with E-state index in [9.17, 15) is 21.6 Å². The Kier molecular flexibility index (Phi) is 4.05. The molecule has 0 bridgehead atoms. The van der Waals surface area contributed by atoms with Crippen LogP contribution in [-0.2, 0) is 10.0 Å². The van der Waals surface area contributed by atoms with Crippen LogP contribution in [0.5, 0.6) is 0 Å². The van der Waals surface area contributed by atoms with Gasteiger partial charge >= 0.3 is 0 Å². The van der Waals surface area contributed by atoms with Crippen molar-refractivity contribution in [3.05, 3.63) is 58.3 Å². The van der Waals surface area contributed by atoms with E-state index in [1.807, 2.05) is 4.72 Å². The van der Waals surface area contributed by atoms with Gasteiger partial charge in [-0.05, 0) is 36.4 Å². The highest BCUT2D eigenvalue weighted by molar-refractivity contribution is 9.10. The smallest absolute Gasteiger partial charge is 0.262 e. The fraction of sp³-hybridized carbons (Fsp3) is 0. The van der Waals surface area contributed by atoms with E-state index in [0.29, 0.717) is 16.6 Å². The zero-order valence-electron chi connectivity index (χ0n) is 9.70. The summed E-state index contributed by atoms with van der Waals surface area (Å²) in [5.74, 6) is -3.27.